The molecule has 1 aromatic rings. The molecule has 3 rings (SSSR count). The molecule has 0 N–H and O–H groups in total. The Bertz CT molecular complexity index is 651. The van der Waals surface area contributed by atoms with Crippen LogP contribution in [0, 0.1) is 6.92 Å². The molecule has 25 heavy (non-hydrogen) atoms. The van der Waals surface area contributed by atoms with Gasteiger partial charge in [-0.1, -0.05) is 0 Å². The number of anilines is 1. The monoisotopic (exact) mass is 346 g/mol. The van der Waals surface area contributed by atoms with E-state index in [4.69, 9.17) is 0 Å². The fraction of sp³-hybridized carbons (Fsp3) is 0.562. The third kappa shape index (κ3) is 3.86. The fourth-order valence-electron chi connectivity index (χ4n) is 3.07. The van der Waals surface area contributed by atoms with E-state index in [-0.39, 0.29) is 5.91 Å². The molecule has 1 aromatic heterocycles. The Morgan fingerprint density at radius 2 is 1.48 bits per heavy atom. The topological polar surface area (TPSA) is 90.0 Å². The molecule has 0 bridgehead atoms. The molecule has 9 heteroatoms. The van der Waals surface area contributed by atoms with Gasteiger partial charge in [-0.3, -0.25) is 14.4 Å². The quantitative estimate of drug-likeness (QED) is 0.648. The predicted molar refractivity (Wildman–Crippen MR) is 90.2 cm³/mol. The van der Waals surface area contributed by atoms with Crippen molar-refractivity contribution in [1.29, 1.82) is 0 Å². The van der Waals surface area contributed by atoms with Gasteiger partial charge in [0.25, 0.3) is 5.91 Å². The lowest BCUT2D eigenvalue weighted by molar-refractivity contribution is -0.119. The normalized spacial score (nSPS) is 18.3. The first-order valence-corrected chi connectivity index (χ1v) is 8.39. The molecule has 0 aromatic carbocycles. The van der Waals surface area contributed by atoms with Crippen molar-refractivity contribution in [1.82, 2.24) is 24.7 Å². The fourth-order valence-corrected chi connectivity index (χ4v) is 3.07. The first-order chi connectivity index (χ1) is 12.1. The number of carbonyl (C=O) groups excluding carboxylic acids is 3. The third-order valence-electron chi connectivity index (χ3n) is 4.58. The van der Waals surface area contributed by atoms with Gasteiger partial charge in [0, 0.05) is 58.4 Å². The predicted octanol–water partition coefficient (Wildman–Crippen LogP) is -1.02. The minimum absolute atomic E-state index is 0.135. The van der Waals surface area contributed by atoms with Gasteiger partial charge in [-0.15, -0.1) is 0 Å². The average Bonchev–Trinajstić information content (AvgIpc) is 2.67. The smallest absolute Gasteiger partial charge is 0.272 e. The Morgan fingerprint density at radius 1 is 0.920 bits per heavy atom. The van der Waals surface area contributed by atoms with Crippen LogP contribution in [-0.2, 0) is 9.59 Å². The molecule has 0 radical (unpaired) electrons. The average molecular weight is 346 g/mol. The maximum Gasteiger partial charge on any atom is 0.272 e. The number of rotatable bonds is 4. The van der Waals surface area contributed by atoms with Crippen LogP contribution >= 0.6 is 0 Å². The number of aryl methyl sites for hydroxylation is 1. The van der Waals surface area contributed by atoms with Crippen molar-refractivity contribution in [3.63, 3.8) is 0 Å². The van der Waals surface area contributed by atoms with Crippen LogP contribution in [0.3, 0.4) is 0 Å². The van der Waals surface area contributed by atoms with Crippen LogP contribution in [0.1, 0.15) is 16.3 Å². The summed E-state index contributed by atoms with van der Waals surface area (Å²) < 4.78 is 0. The molecule has 0 atom stereocenters. The zero-order valence-electron chi connectivity index (χ0n) is 14.3. The first kappa shape index (κ1) is 17.1. The number of piperazine rings is 2. The highest BCUT2D eigenvalue weighted by atomic mass is 16.2. The number of amides is 3. The summed E-state index contributed by atoms with van der Waals surface area (Å²) >= 11 is 0. The van der Waals surface area contributed by atoms with E-state index in [0.29, 0.717) is 69.7 Å². The van der Waals surface area contributed by atoms with Gasteiger partial charge in [0.2, 0.25) is 12.8 Å². The highest BCUT2D eigenvalue weighted by molar-refractivity contribution is 5.93. The summed E-state index contributed by atoms with van der Waals surface area (Å²) in [6.45, 7) is 6.52. The van der Waals surface area contributed by atoms with Crippen LogP contribution in [0.25, 0.3) is 0 Å². The van der Waals surface area contributed by atoms with Gasteiger partial charge in [0.05, 0.1) is 0 Å². The summed E-state index contributed by atoms with van der Waals surface area (Å²) in [5.41, 5.74) is 0.375. The van der Waals surface area contributed by atoms with Gasteiger partial charge < -0.3 is 19.6 Å². The molecule has 2 aliphatic heterocycles. The van der Waals surface area contributed by atoms with Gasteiger partial charge in [-0.2, -0.15) is 0 Å². The van der Waals surface area contributed by atoms with Gasteiger partial charge in [-0.05, 0) is 6.92 Å². The second kappa shape index (κ2) is 7.45. The van der Waals surface area contributed by atoms with Gasteiger partial charge in [0.15, 0.2) is 0 Å². The van der Waals surface area contributed by atoms with Crippen LogP contribution in [0.2, 0.25) is 0 Å². The van der Waals surface area contributed by atoms with E-state index >= 15 is 0 Å². The maximum absolute atomic E-state index is 12.7. The zero-order chi connectivity index (χ0) is 17.8. The van der Waals surface area contributed by atoms with E-state index in [1.165, 1.54) is 0 Å². The van der Waals surface area contributed by atoms with Gasteiger partial charge in [0.1, 0.15) is 17.3 Å². The molecule has 134 valence electrons. The molecule has 0 saturated carbocycles. The van der Waals surface area contributed by atoms with E-state index in [2.05, 4.69) is 14.9 Å². The van der Waals surface area contributed by atoms with Crippen molar-refractivity contribution in [2.75, 3.05) is 57.3 Å². The van der Waals surface area contributed by atoms with Crippen molar-refractivity contribution in [2.24, 2.45) is 0 Å². The van der Waals surface area contributed by atoms with Crippen molar-refractivity contribution in [3.05, 3.63) is 17.6 Å². The van der Waals surface area contributed by atoms with E-state index in [0.717, 1.165) is 12.8 Å². The molecule has 2 aliphatic rings. The Balaban J connectivity index is 1.72. The van der Waals surface area contributed by atoms with Crippen LogP contribution in [0.4, 0.5) is 5.82 Å². The molecule has 3 heterocycles. The minimum atomic E-state index is -0.135. The van der Waals surface area contributed by atoms with E-state index < -0.39 is 0 Å². The standard InChI is InChI=1S/C16H22N6O3/c1-13-17-14(16(25)22-8-4-20(12-24)5-9-22)10-15(18-13)21-6-2-19(11-23)3-7-21/h10-12H,2-9H2,1H3. The number of hydrogen-bond acceptors (Lipinski definition) is 6. The Hall–Kier alpha value is -2.71. The lowest BCUT2D eigenvalue weighted by Gasteiger charge is -2.34. The first-order valence-electron chi connectivity index (χ1n) is 8.39. The van der Waals surface area contributed by atoms with Crippen LogP contribution in [-0.4, -0.2) is 95.8 Å². The molecule has 0 aliphatic carbocycles. The maximum atomic E-state index is 12.7. The molecule has 0 spiro atoms. The van der Waals surface area contributed by atoms with Crippen molar-refractivity contribution in [3.8, 4) is 0 Å². The van der Waals surface area contributed by atoms with Crippen molar-refractivity contribution in [2.45, 2.75) is 6.92 Å². The lowest BCUT2D eigenvalue weighted by Crippen LogP contribution is -2.48. The van der Waals surface area contributed by atoms with Gasteiger partial charge >= 0.3 is 0 Å². The highest BCUT2D eigenvalue weighted by Crippen LogP contribution is 2.16. The van der Waals surface area contributed by atoms with E-state index in [9.17, 15) is 14.4 Å². The summed E-state index contributed by atoms with van der Waals surface area (Å²) in [5.74, 6) is 1.13. The summed E-state index contributed by atoms with van der Waals surface area (Å²) in [5, 5.41) is 0. The summed E-state index contributed by atoms with van der Waals surface area (Å²) in [6.07, 6.45) is 1.67. The third-order valence-corrected chi connectivity index (χ3v) is 4.58. The SMILES string of the molecule is Cc1nc(C(=O)N2CCN(C=O)CC2)cc(N2CCN(C=O)CC2)n1. The highest BCUT2D eigenvalue weighted by Gasteiger charge is 2.24. The van der Waals surface area contributed by atoms with Crippen LogP contribution in [0.5, 0.6) is 0 Å². The molecular weight excluding hydrogens is 324 g/mol. The second-order valence-corrected chi connectivity index (χ2v) is 6.22. The zero-order valence-corrected chi connectivity index (χ0v) is 14.3. The van der Waals surface area contributed by atoms with Crippen molar-refractivity contribution < 1.29 is 14.4 Å². The molecule has 9 nitrogen and oxygen atoms in total. The Labute approximate surface area is 146 Å². The van der Waals surface area contributed by atoms with E-state index in [1.54, 1.807) is 27.7 Å². The number of hydrogen-bond donors (Lipinski definition) is 0. The largest absolute Gasteiger partial charge is 0.353 e. The van der Waals surface area contributed by atoms with Crippen molar-refractivity contribution >= 4 is 24.5 Å². The lowest BCUT2D eigenvalue weighted by atomic mass is 10.2. The molecule has 0 unspecified atom stereocenters. The Kier molecular flexibility index (Phi) is 5.11. The van der Waals surface area contributed by atoms with E-state index in [1.807, 2.05) is 0 Å². The summed E-state index contributed by atoms with van der Waals surface area (Å²) in [6, 6.07) is 1.72. The molecule has 2 saturated heterocycles. The minimum Gasteiger partial charge on any atom is -0.353 e. The molecular formula is C16H22N6O3. The number of aromatic nitrogens is 2. The molecule has 2 fully saturated rings. The van der Waals surface area contributed by atoms with Crippen LogP contribution in [0.15, 0.2) is 6.07 Å². The second-order valence-electron chi connectivity index (χ2n) is 6.22. The molecule has 3 amide bonds. The summed E-state index contributed by atoms with van der Waals surface area (Å²) in [7, 11) is 0. The van der Waals surface area contributed by atoms with Gasteiger partial charge in [-0.25, -0.2) is 9.97 Å². The number of nitrogens with zero attached hydrogens (tertiary/aromatic N) is 6. The number of carbonyl (C=O) groups is 3. The summed E-state index contributed by atoms with van der Waals surface area (Å²) in [4.78, 5) is 50.3. The Morgan fingerprint density at radius 3 is 2.04 bits per heavy atom. The van der Waals surface area contributed by atoms with Crippen LogP contribution < -0.4 is 4.90 Å².